The Bertz CT molecular complexity index is 719. The molecule has 0 atom stereocenters. The van der Waals surface area contributed by atoms with Crippen molar-refractivity contribution in [3.63, 3.8) is 0 Å². The molecule has 1 amide bonds. The number of aryl methyl sites for hydroxylation is 2. The highest BCUT2D eigenvalue weighted by Crippen LogP contribution is 2.19. The molecule has 5 heteroatoms. The monoisotopic (exact) mass is 390 g/mol. The summed E-state index contributed by atoms with van der Waals surface area (Å²) in [5, 5.41) is 6.32. The molecule has 0 aliphatic heterocycles. The molecule has 0 radical (unpaired) electrons. The average Bonchev–Trinajstić information content (AvgIpc) is 2.63. The zero-order valence-electron chi connectivity index (χ0n) is 16.5. The first-order valence-corrected chi connectivity index (χ1v) is 9.38. The van der Waals surface area contributed by atoms with E-state index in [2.05, 4.69) is 42.7 Å². The molecule has 2 N–H and O–H groups in total. The van der Waals surface area contributed by atoms with Crippen LogP contribution in [0.15, 0.2) is 42.5 Å². The van der Waals surface area contributed by atoms with Crippen molar-refractivity contribution in [2.24, 2.45) is 0 Å². The van der Waals surface area contributed by atoms with Crippen molar-refractivity contribution in [2.75, 3.05) is 18.5 Å². The van der Waals surface area contributed by atoms with Gasteiger partial charge in [0.15, 0.2) is 0 Å². The summed E-state index contributed by atoms with van der Waals surface area (Å²) in [5.74, 6) is 0.993. The second-order valence-corrected chi connectivity index (χ2v) is 6.56. The molecule has 0 aliphatic rings. The summed E-state index contributed by atoms with van der Waals surface area (Å²) in [6.07, 6.45) is 2.18. The number of ether oxygens (including phenoxy) is 1. The summed E-state index contributed by atoms with van der Waals surface area (Å²) in [6, 6.07) is 14.1. The number of para-hydroxylation sites is 1. The van der Waals surface area contributed by atoms with E-state index < -0.39 is 0 Å². The van der Waals surface area contributed by atoms with E-state index >= 15 is 0 Å². The SMILES string of the molecule is CCNCc1ccccc1NC(=O)CCCCOc1cc(C)ccc1C.Cl. The maximum Gasteiger partial charge on any atom is 0.224 e. The summed E-state index contributed by atoms with van der Waals surface area (Å²) in [7, 11) is 0. The Hall–Kier alpha value is -2.04. The van der Waals surface area contributed by atoms with Gasteiger partial charge in [-0.15, -0.1) is 12.4 Å². The molecule has 0 heterocycles. The predicted octanol–water partition coefficient (Wildman–Crippen LogP) is 5.02. The highest BCUT2D eigenvalue weighted by Gasteiger charge is 2.06. The summed E-state index contributed by atoms with van der Waals surface area (Å²) in [4.78, 5) is 12.2. The Labute approximate surface area is 169 Å². The largest absolute Gasteiger partial charge is 0.493 e. The molecule has 0 saturated heterocycles. The molecule has 148 valence electrons. The van der Waals surface area contributed by atoms with Gasteiger partial charge in [-0.25, -0.2) is 0 Å². The van der Waals surface area contributed by atoms with Crippen molar-refractivity contribution in [3.05, 3.63) is 59.2 Å². The minimum Gasteiger partial charge on any atom is -0.493 e. The molecule has 2 aromatic rings. The lowest BCUT2D eigenvalue weighted by molar-refractivity contribution is -0.116. The Kier molecular flexibility index (Phi) is 10.5. The lowest BCUT2D eigenvalue weighted by Gasteiger charge is -2.12. The third kappa shape index (κ3) is 8.02. The average molecular weight is 391 g/mol. The summed E-state index contributed by atoms with van der Waals surface area (Å²) >= 11 is 0. The van der Waals surface area contributed by atoms with Crippen molar-refractivity contribution < 1.29 is 9.53 Å². The van der Waals surface area contributed by atoms with E-state index in [-0.39, 0.29) is 18.3 Å². The molecule has 0 aliphatic carbocycles. The standard InChI is InChI=1S/C22H30N2O2.ClH/c1-4-23-16-19-9-5-6-10-20(19)24-22(25)11-7-8-14-26-21-15-17(2)12-13-18(21)3;/h5-6,9-10,12-13,15,23H,4,7-8,11,14,16H2,1-3H3,(H,24,25);1H. The predicted molar refractivity (Wildman–Crippen MR) is 115 cm³/mol. The van der Waals surface area contributed by atoms with E-state index in [9.17, 15) is 4.79 Å². The zero-order chi connectivity index (χ0) is 18.8. The van der Waals surface area contributed by atoms with Gasteiger partial charge in [-0.1, -0.05) is 37.3 Å². The summed E-state index contributed by atoms with van der Waals surface area (Å²) in [6.45, 7) is 8.48. The number of amides is 1. The van der Waals surface area contributed by atoms with E-state index in [4.69, 9.17) is 4.74 Å². The number of rotatable bonds is 10. The Morgan fingerprint density at radius 2 is 1.85 bits per heavy atom. The van der Waals surface area contributed by atoms with Gasteiger partial charge in [0.05, 0.1) is 6.61 Å². The normalized spacial score (nSPS) is 10.2. The number of carbonyl (C=O) groups is 1. The van der Waals surface area contributed by atoms with E-state index in [1.165, 1.54) is 5.56 Å². The molecule has 0 bridgehead atoms. The van der Waals surface area contributed by atoms with Crippen molar-refractivity contribution >= 4 is 24.0 Å². The van der Waals surface area contributed by atoms with Gasteiger partial charge in [0.25, 0.3) is 0 Å². The summed E-state index contributed by atoms with van der Waals surface area (Å²) < 4.78 is 5.84. The second-order valence-electron chi connectivity index (χ2n) is 6.56. The van der Waals surface area contributed by atoms with E-state index in [1.807, 2.05) is 31.2 Å². The van der Waals surface area contributed by atoms with Crippen LogP contribution in [-0.2, 0) is 11.3 Å². The van der Waals surface area contributed by atoms with Gasteiger partial charge in [-0.05, 0) is 62.1 Å². The molecule has 0 saturated carbocycles. The van der Waals surface area contributed by atoms with E-state index in [0.29, 0.717) is 13.0 Å². The van der Waals surface area contributed by atoms with Crippen molar-refractivity contribution in [3.8, 4) is 5.75 Å². The first kappa shape index (κ1) is 23.0. The smallest absolute Gasteiger partial charge is 0.224 e. The molecule has 0 spiro atoms. The fourth-order valence-corrected chi connectivity index (χ4v) is 2.70. The topological polar surface area (TPSA) is 50.4 Å². The number of nitrogens with one attached hydrogen (secondary N) is 2. The zero-order valence-corrected chi connectivity index (χ0v) is 17.3. The molecule has 27 heavy (non-hydrogen) atoms. The Balaban J connectivity index is 0.00000364. The van der Waals surface area contributed by atoms with E-state index in [1.54, 1.807) is 0 Å². The van der Waals surface area contributed by atoms with Crippen molar-refractivity contribution in [2.45, 2.75) is 46.6 Å². The second kappa shape index (κ2) is 12.4. The van der Waals surface area contributed by atoms with Gasteiger partial charge >= 0.3 is 0 Å². The minimum absolute atomic E-state index is 0. The van der Waals surface area contributed by atoms with Crippen LogP contribution >= 0.6 is 12.4 Å². The first-order valence-electron chi connectivity index (χ1n) is 9.38. The number of halogens is 1. The van der Waals surface area contributed by atoms with Crippen LogP contribution in [0.2, 0.25) is 0 Å². The quantitative estimate of drug-likeness (QED) is 0.560. The third-order valence-corrected chi connectivity index (χ3v) is 4.26. The van der Waals surface area contributed by atoms with Gasteiger partial charge in [0.2, 0.25) is 5.91 Å². The van der Waals surface area contributed by atoms with Crippen LogP contribution in [-0.4, -0.2) is 19.1 Å². The number of carbonyl (C=O) groups excluding carboxylic acids is 1. The number of hydrogen-bond acceptors (Lipinski definition) is 3. The van der Waals surface area contributed by atoms with Gasteiger partial charge in [-0.2, -0.15) is 0 Å². The van der Waals surface area contributed by atoms with Gasteiger partial charge in [0, 0.05) is 18.7 Å². The molecular weight excluding hydrogens is 360 g/mol. The number of anilines is 1. The molecule has 2 rings (SSSR count). The molecular formula is C22H31ClN2O2. The van der Waals surface area contributed by atoms with Crippen LogP contribution in [0.5, 0.6) is 5.75 Å². The van der Waals surface area contributed by atoms with Crippen molar-refractivity contribution in [1.29, 1.82) is 0 Å². The van der Waals surface area contributed by atoms with Gasteiger partial charge < -0.3 is 15.4 Å². The van der Waals surface area contributed by atoms with Crippen LogP contribution in [0.1, 0.15) is 42.9 Å². The third-order valence-electron chi connectivity index (χ3n) is 4.26. The van der Waals surface area contributed by atoms with Crippen LogP contribution in [0.3, 0.4) is 0 Å². The van der Waals surface area contributed by atoms with Crippen LogP contribution in [0, 0.1) is 13.8 Å². The molecule has 0 unspecified atom stereocenters. The van der Waals surface area contributed by atoms with Gasteiger partial charge in [-0.3, -0.25) is 4.79 Å². The highest BCUT2D eigenvalue weighted by atomic mass is 35.5. The van der Waals surface area contributed by atoms with Crippen LogP contribution in [0.25, 0.3) is 0 Å². The lowest BCUT2D eigenvalue weighted by Crippen LogP contribution is -2.17. The Morgan fingerprint density at radius 1 is 1.07 bits per heavy atom. The van der Waals surface area contributed by atoms with Crippen LogP contribution < -0.4 is 15.4 Å². The molecule has 2 aromatic carbocycles. The minimum atomic E-state index is 0. The molecule has 0 aromatic heterocycles. The number of benzene rings is 2. The maximum atomic E-state index is 12.2. The maximum absolute atomic E-state index is 12.2. The van der Waals surface area contributed by atoms with Gasteiger partial charge in [0.1, 0.15) is 5.75 Å². The van der Waals surface area contributed by atoms with Crippen molar-refractivity contribution in [1.82, 2.24) is 5.32 Å². The number of hydrogen-bond donors (Lipinski definition) is 2. The van der Waals surface area contributed by atoms with Crippen LogP contribution in [0.4, 0.5) is 5.69 Å². The fraction of sp³-hybridized carbons (Fsp3) is 0.409. The summed E-state index contributed by atoms with van der Waals surface area (Å²) in [5.41, 5.74) is 4.35. The first-order chi connectivity index (χ1) is 12.6. The molecule has 4 nitrogen and oxygen atoms in total. The molecule has 0 fully saturated rings. The number of unbranched alkanes of at least 4 members (excludes halogenated alkanes) is 1. The fourth-order valence-electron chi connectivity index (χ4n) is 2.70. The Morgan fingerprint density at radius 3 is 2.63 bits per heavy atom. The van der Waals surface area contributed by atoms with E-state index in [0.717, 1.165) is 48.5 Å². The lowest BCUT2D eigenvalue weighted by atomic mass is 10.1. The highest BCUT2D eigenvalue weighted by molar-refractivity contribution is 5.91.